The second-order valence-corrected chi connectivity index (χ2v) is 7.02. The molecule has 0 saturated carbocycles. The van der Waals surface area contributed by atoms with Gasteiger partial charge in [0.15, 0.2) is 5.78 Å². The quantitative estimate of drug-likeness (QED) is 0.498. The number of hydrogen-bond acceptors (Lipinski definition) is 6. The monoisotopic (exact) mass is 381 g/mol. The highest BCUT2D eigenvalue weighted by Crippen LogP contribution is 2.26. The van der Waals surface area contributed by atoms with Crippen LogP contribution in [0.25, 0.3) is 5.69 Å². The highest BCUT2D eigenvalue weighted by atomic mass is 32.2. The first-order chi connectivity index (χ1) is 13.1. The topological polar surface area (TPSA) is 89.8 Å². The number of hydrogen-bond donors (Lipinski definition) is 1. The molecule has 2 aromatic carbocycles. The molecular formula is C19H19N5O2S. The molecule has 7 nitrogen and oxygen atoms in total. The van der Waals surface area contributed by atoms with Crippen molar-refractivity contribution >= 4 is 29.1 Å². The summed E-state index contributed by atoms with van der Waals surface area (Å²) in [5, 5.41) is 14.9. The SMILES string of the molecule is CC[C@H](Sc1nnnn1-c1ccccc1)C(=O)Nc1ccc(C(C)=O)cc1. The summed E-state index contributed by atoms with van der Waals surface area (Å²) in [5.41, 5.74) is 2.09. The van der Waals surface area contributed by atoms with E-state index in [1.807, 2.05) is 37.3 Å². The molecule has 0 spiro atoms. The van der Waals surface area contributed by atoms with Gasteiger partial charge in [-0.25, -0.2) is 0 Å². The lowest BCUT2D eigenvalue weighted by molar-refractivity contribution is -0.115. The van der Waals surface area contributed by atoms with E-state index in [-0.39, 0.29) is 16.9 Å². The lowest BCUT2D eigenvalue weighted by Crippen LogP contribution is -2.25. The minimum atomic E-state index is -0.356. The molecule has 0 bridgehead atoms. The second kappa shape index (κ2) is 8.59. The number of anilines is 1. The predicted molar refractivity (Wildman–Crippen MR) is 104 cm³/mol. The van der Waals surface area contributed by atoms with Gasteiger partial charge in [-0.1, -0.05) is 36.9 Å². The Morgan fingerprint density at radius 1 is 1.11 bits per heavy atom. The molecule has 27 heavy (non-hydrogen) atoms. The minimum Gasteiger partial charge on any atom is -0.325 e. The van der Waals surface area contributed by atoms with Gasteiger partial charge in [0.2, 0.25) is 11.1 Å². The van der Waals surface area contributed by atoms with Crippen LogP contribution in [0.3, 0.4) is 0 Å². The molecule has 3 rings (SSSR count). The summed E-state index contributed by atoms with van der Waals surface area (Å²) in [6, 6.07) is 16.4. The molecule has 138 valence electrons. The Balaban J connectivity index is 1.71. The maximum Gasteiger partial charge on any atom is 0.237 e. The van der Waals surface area contributed by atoms with Crippen molar-refractivity contribution in [2.24, 2.45) is 0 Å². The Kier molecular flexibility index (Phi) is 5.97. The first-order valence-electron chi connectivity index (χ1n) is 8.50. The van der Waals surface area contributed by atoms with Crippen molar-refractivity contribution in [1.29, 1.82) is 0 Å². The standard InChI is InChI=1S/C19H19N5O2S/c1-3-17(18(26)20-15-11-9-14(10-12-15)13(2)25)27-19-21-22-23-24(19)16-7-5-4-6-8-16/h4-12,17H,3H2,1-2H3,(H,20,26)/t17-/m0/s1. The van der Waals surface area contributed by atoms with E-state index in [1.54, 1.807) is 28.9 Å². The number of nitrogens with one attached hydrogen (secondary N) is 1. The van der Waals surface area contributed by atoms with Crippen molar-refractivity contribution in [2.45, 2.75) is 30.7 Å². The Morgan fingerprint density at radius 3 is 2.44 bits per heavy atom. The number of nitrogens with zero attached hydrogens (tertiary/aromatic N) is 4. The van der Waals surface area contributed by atoms with E-state index in [1.165, 1.54) is 18.7 Å². The van der Waals surface area contributed by atoms with Crippen molar-refractivity contribution in [2.75, 3.05) is 5.32 Å². The molecule has 1 N–H and O–H groups in total. The summed E-state index contributed by atoms with van der Waals surface area (Å²) in [6.45, 7) is 3.45. The molecule has 0 saturated heterocycles. The normalized spacial score (nSPS) is 11.8. The summed E-state index contributed by atoms with van der Waals surface area (Å²) in [5.74, 6) is -0.150. The summed E-state index contributed by atoms with van der Waals surface area (Å²) >= 11 is 1.31. The molecular weight excluding hydrogens is 362 g/mol. The molecule has 1 atom stereocenters. The van der Waals surface area contributed by atoms with Gasteiger partial charge in [-0.2, -0.15) is 4.68 Å². The fourth-order valence-electron chi connectivity index (χ4n) is 2.44. The number of aromatic nitrogens is 4. The van der Waals surface area contributed by atoms with Crippen LogP contribution in [-0.2, 0) is 4.79 Å². The predicted octanol–water partition coefficient (Wildman–Crippen LogP) is 3.37. The van der Waals surface area contributed by atoms with Gasteiger partial charge in [0.25, 0.3) is 0 Å². The lowest BCUT2D eigenvalue weighted by atomic mass is 10.1. The first kappa shape index (κ1) is 18.8. The van der Waals surface area contributed by atoms with Crippen LogP contribution in [0.15, 0.2) is 59.8 Å². The van der Waals surface area contributed by atoms with E-state index >= 15 is 0 Å². The van der Waals surface area contributed by atoms with Crippen LogP contribution < -0.4 is 5.32 Å². The number of amides is 1. The van der Waals surface area contributed by atoms with Crippen LogP contribution in [0.1, 0.15) is 30.6 Å². The summed E-state index contributed by atoms with van der Waals surface area (Å²) in [6.07, 6.45) is 0.615. The van der Waals surface area contributed by atoms with Gasteiger partial charge in [-0.15, -0.1) is 5.10 Å². The van der Waals surface area contributed by atoms with Crippen molar-refractivity contribution in [3.63, 3.8) is 0 Å². The Bertz CT molecular complexity index is 925. The van der Waals surface area contributed by atoms with Gasteiger partial charge in [-0.3, -0.25) is 9.59 Å². The Hall–Kier alpha value is -3.00. The molecule has 0 fully saturated rings. The number of benzene rings is 2. The number of Topliss-reactive ketones (excluding diaryl/α,β-unsaturated/α-hetero) is 1. The van der Waals surface area contributed by atoms with E-state index in [2.05, 4.69) is 20.8 Å². The Labute approximate surface area is 161 Å². The minimum absolute atomic E-state index is 0.0115. The summed E-state index contributed by atoms with van der Waals surface area (Å²) < 4.78 is 1.61. The van der Waals surface area contributed by atoms with Gasteiger partial charge in [0.05, 0.1) is 10.9 Å². The van der Waals surface area contributed by atoms with E-state index in [4.69, 9.17) is 0 Å². The number of ketones is 1. The average molecular weight is 381 g/mol. The van der Waals surface area contributed by atoms with E-state index in [9.17, 15) is 9.59 Å². The van der Waals surface area contributed by atoms with Gasteiger partial charge in [-0.05, 0) is 60.2 Å². The smallest absolute Gasteiger partial charge is 0.237 e. The molecule has 1 heterocycles. The third kappa shape index (κ3) is 4.59. The van der Waals surface area contributed by atoms with Crippen LogP contribution in [0.5, 0.6) is 0 Å². The van der Waals surface area contributed by atoms with Crippen molar-refractivity contribution in [1.82, 2.24) is 20.2 Å². The van der Waals surface area contributed by atoms with Crippen molar-refractivity contribution in [3.8, 4) is 5.69 Å². The average Bonchev–Trinajstić information content (AvgIpc) is 3.15. The maximum absolute atomic E-state index is 12.7. The second-order valence-electron chi connectivity index (χ2n) is 5.85. The zero-order valence-electron chi connectivity index (χ0n) is 15.0. The van der Waals surface area contributed by atoms with Crippen molar-refractivity contribution < 1.29 is 9.59 Å². The van der Waals surface area contributed by atoms with E-state index < -0.39 is 0 Å². The van der Waals surface area contributed by atoms with Gasteiger partial charge in [0, 0.05) is 11.3 Å². The Morgan fingerprint density at radius 2 is 1.81 bits per heavy atom. The largest absolute Gasteiger partial charge is 0.325 e. The van der Waals surface area contributed by atoms with Gasteiger partial charge >= 0.3 is 0 Å². The zero-order chi connectivity index (χ0) is 19.2. The summed E-state index contributed by atoms with van der Waals surface area (Å²) in [7, 11) is 0. The van der Waals surface area contributed by atoms with Crippen LogP contribution in [0.4, 0.5) is 5.69 Å². The summed E-state index contributed by atoms with van der Waals surface area (Å²) in [4.78, 5) is 24.0. The number of carbonyl (C=O) groups excluding carboxylic acids is 2. The molecule has 0 aliphatic carbocycles. The fourth-order valence-corrected chi connectivity index (χ4v) is 3.36. The molecule has 0 unspecified atom stereocenters. The van der Waals surface area contributed by atoms with Crippen LogP contribution in [0, 0.1) is 0 Å². The maximum atomic E-state index is 12.7. The van der Waals surface area contributed by atoms with Crippen LogP contribution in [-0.4, -0.2) is 37.1 Å². The first-order valence-corrected chi connectivity index (χ1v) is 9.38. The number of thioether (sulfide) groups is 1. The van der Waals surface area contributed by atoms with Gasteiger partial charge in [0.1, 0.15) is 0 Å². The van der Waals surface area contributed by atoms with E-state index in [0.29, 0.717) is 22.8 Å². The van der Waals surface area contributed by atoms with Crippen LogP contribution >= 0.6 is 11.8 Å². The molecule has 0 aliphatic rings. The number of para-hydroxylation sites is 1. The molecule has 8 heteroatoms. The molecule has 3 aromatic rings. The van der Waals surface area contributed by atoms with Crippen molar-refractivity contribution in [3.05, 3.63) is 60.2 Å². The highest BCUT2D eigenvalue weighted by molar-refractivity contribution is 8.00. The van der Waals surface area contributed by atoms with Gasteiger partial charge < -0.3 is 5.32 Å². The fraction of sp³-hybridized carbons (Fsp3) is 0.211. The lowest BCUT2D eigenvalue weighted by Gasteiger charge is -2.14. The molecule has 0 aliphatic heterocycles. The van der Waals surface area contributed by atoms with Crippen LogP contribution in [0.2, 0.25) is 0 Å². The van der Waals surface area contributed by atoms with E-state index in [0.717, 1.165) is 5.69 Å². The number of carbonyl (C=O) groups is 2. The molecule has 0 radical (unpaired) electrons. The number of tetrazole rings is 1. The zero-order valence-corrected chi connectivity index (χ0v) is 15.8. The molecule has 1 amide bonds. The third-order valence-electron chi connectivity index (χ3n) is 3.91. The number of rotatable bonds is 7. The third-order valence-corrected chi connectivity index (χ3v) is 5.21. The molecule has 1 aromatic heterocycles. The highest BCUT2D eigenvalue weighted by Gasteiger charge is 2.22.